The first-order valence-electron chi connectivity index (χ1n) is 4.99. The molecule has 0 spiro atoms. The molecule has 1 saturated carbocycles. The highest BCUT2D eigenvalue weighted by molar-refractivity contribution is 7.82. The van der Waals surface area contributed by atoms with Crippen molar-refractivity contribution in [2.24, 2.45) is 10.9 Å². The van der Waals surface area contributed by atoms with E-state index in [1.807, 2.05) is 0 Å². The molecule has 1 aliphatic heterocycles. The van der Waals surface area contributed by atoms with Gasteiger partial charge in [0.1, 0.15) is 0 Å². The Balaban J connectivity index is 2.28. The third-order valence-corrected chi connectivity index (χ3v) is 4.31. The largest absolute Gasteiger partial charge is 0.293 e. The Kier molecular flexibility index (Phi) is 2.19. The van der Waals surface area contributed by atoms with Crippen molar-refractivity contribution in [1.82, 2.24) is 0 Å². The second-order valence-corrected chi connectivity index (χ2v) is 4.95. The zero-order valence-electron chi connectivity index (χ0n) is 7.71. The Morgan fingerprint density at radius 3 is 3.08 bits per heavy atom. The molecule has 12 heavy (non-hydrogen) atoms. The summed E-state index contributed by atoms with van der Waals surface area (Å²) in [7, 11) is 0. The molecular formula is C10H17NS. The van der Waals surface area contributed by atoms with Gasteiger partial charge in [-0.15, -0.1) is 0 Å². The Hall–Kier alpha value is 0.0200. The fraction of sp³-hybridized carbons (Fsp3) is 0.900. The lowest BCUT2D eigenvalue weighted by Gasteiger charge is -2.42. The Labute approximate surface area is 80.1 Å². The van der Waals surface area contributed by atoms with Gasteiger partial charge in [-0.1, -0.05) is 6.92 Å². The molecular weight excluding hydrogens is 166 g/mol. The van der Waals surface area contributed by atoms with Gasteiger partial charge in [-0.3, -0.25) is 4.99 Å². The highest BCUT2D eigenvalue weighted by atomic mass is 32.1. The van der Waals surface area contributed by atoms with Gasteiger partial charge in [0, 0.05) is 12.3 Å². The van der Waals surface area contributed by atoms with Crippen LogP contribution in [0.25, 0.3) is 0 Å². The van der Waals surface area contributed by atoms with E-state index in [0.717, 1.165) is 12.5 Å². The zero-order chi connectivity index (χ0) is 8.60. The van der Waals surface area contributed by atoms with Crippen LogP contribution in [-0.4, -0.2) is 17.0 Å². The van der Waals surface area contributed by atoms with Crippen molar-refractivity contribution in [3.05, 3.63) is 0 Å². The highest BCUT2D eigenvalue weighted by Gasteiger charge is 2.40. The molecule has 0 amide bonds. The zero-order valence-corrected chi connectivity index (χ0v) is 8.61. The second kappa shape index (κ2) is 3.06. The SMILES string of the molecule is CC1CCCC2=NCCCC21S. The van der Waals surface area contributed by atoms with Crippen molar-refractivity contribution >= 4 is 18.3 Å². The molecule has 1 nitrogen and oxygen atoms in total. The number of nitrogens with zero attached hydrogens (tertiary/aromatic N) is 1. The Bertz CT molecular complexity index is 212. The predicted molar refractivity (Wildman–Crippen MR) is 56.3 cm³/mol. The third kappa shape index (κ3) is 1.20. The number of rotatable bonds is 0. The smallest absolute Gasteiger partial charge is 0.0532 e. The standard InChI is InChI=1S/C10H17NS/c1-8-4-2-5-9-10(8,12)6-3-7-11-9/h8,12H,2-7H2,1H3. The molecule has 2 rings (SSSR count). The van der Waals surface area contributed by atoms with Crippen molar-refractivity contribution in [1.29, 1.82) is 0 Å². The summed E-state index contributed by atoms with van der Waals surface area (Å²) in [6.45, 7) is 3.37. The van der Waals surface area contributed by atoms with Crippen LogP contribution >= 0.6 is 12.6 Å². The van der Waals surface area contributed by atoms with Gasteiger partial charge in [-0.25, -0.2) is 0 Å². The third-order valence-electron chi connectivity index (χ3n) is 3.38. The molecule has 0 aromatic carbocycles. The van der Waals surface area contributed by atoms with E-state index in [4.69, 9.17) is 12.6 Å². The van der Waals surface area contributed by atoms with Crippen molar-refractivity contribution in [3.8, 4) is 0 Å². The molecule has 1 heterocycles. The van der Waals surface area contributed by atoms with Crippen LogP contribution < -0.4 is 0 Å². The maximum atomic E-state index is 4.84. The second-order valence-electron chi connectivity index (χ2n) is 4.15. The molecule has 2 heteroatoms. The fourth-order valence-corrected chi connectivity index (χ4v) is 2.95. The first-order chi connectivity index (χ1) is 5.73. The van der Waals surface area contributed by atoms with E-state index >= 15 is 0 Å². The normalized spacial score (nSPS) is 41.8. The summed E-state index contributed by atoms with van der Waals surface area (Å²) in [5, 5.41) is 0. The Morgan fingerprint density at radius 2 is 2.33 bits per heavy atom. The number of aliphatic imine (C=N–C) groups is 1. The number of hydrogen-bond donors (Lipinski definition) is 1. The summed E-state index contributed by atoms with van der Waals surface area (Å²) >= 11 is 4.84. The minimum absolute atomic E-state index is 0.177. The molecule has 0 bridgehead atoms. The molecule has 1 aliphatic carbocycles. The summed E-state index contributed by atoms with van der Waals surface area (Å²) in [6, 6.07) is 0. The summed E-state index contributed by atoms with van der Waals surface area (Å²) < 4.78 is 0.177. The molecule has 0 aromatic heterocycles. The van der Waals surface area contributed by atoms with Gasteiger partial charge in [0.2, 0.25) is 0 Å². The average Bonchev–Trinajstić information content (AvgIpc) is 2.07. The quantitative estimate of drug-likeness (QED) is 0.554. The topological polar surface area (TPSA) is 12.4 Å². The Morgan fingerprint density at radius 1 is 1.50 bits per heavy atom. The molecule has 68 valence electrons. The van der Waals surface area contributed by atoms with Gasteiger partial charge in [0.05, 0.1) is 4.75 Å². The van der Waals surface area contributed by atoms with Crippen LogP contribution in [0.2, 0.25) is 0 Å². The fourth-order valence-electron chi connectivity index (χ4n) is 2.48. The van der Waals surface area contributed by atoms with Gasteiger partial charge in [-0.2, -0.15) is 12.6 Å². The van der Waals surface area contributed by atoms with Crippen molar-refractivity contribution < 1.29 is 0 Å². The minimum atomic E-state index is 0.177. The van der Waals surface area contributed by atoms with Gasteiger partial charge in [0.15, 0.2) is 0 Å². The van der Waals surface area contributed by atoms with Gasteiger partial charge < -0.3 is 0 Å². The van der Waals surface area contributed by atoms with E-state index in [2.05, 4.69) is 11.9 Å². The first kappa shape index (κ1) is 8.61. The van der Waals surface area contributed by atoms with Crippen molar-refractivity contribution in [3.63, 3.8) is 0 Å². The van der Waals surface area contributed by atoms with E-state index in [0.29, 0.717) is 0 Å². The summed E-state index contributed by atoms with van der Waals surface area (Å²) in [6.07, 6.45) is 6.34. The maximum absolute atomic E-state index is 4.84. The lowest BCUT2D eigenvalue weighted by Crippen LogP contribution is -2.44. The van der Waals surface area contributed by atoms with Gasteiger partial charge >= 0.3 is 0 Å². The summed E-state index contributed by atoms with van der Waals surface area (Å²) in [5.41, 5.74) is 1.40. The number of fused-ring (bicyclic) bond motifs is 1. The summed E-state index contributed by atoms with van der Waals surface area (Å²) in [4.78, 5) is 4.61. The van der Waals surface area contributed by atoms with Crippen LogP contribution in [0.4, 0.5) is 0 Å². The van der Waals surface area contributed by atoms with Crippen LogP contribution in [0, 0.1) is 5.92 Å². The lowest BCUT2D eigenvalue weighted by molar-refractivity contribution is 0.382. The molecule has 0 radical (unpaired) electrons. The van der Waals surface area contributed by atoms with Crippen LogP contribution in [0.3, 0.4) is 0 Å². The molecule has 1 fully saturated rings. The number of thiol groups is 1. The first-order valence-corrected chi connectivity index (χ1v) is 5.44. The van der Waals surface area contributed by atoms with E-state index < -0.39 is 0 Å². The number of hydrogen-bond acceptors (Lipinski definition) is 2. The minimum Gasteiger partial charge on any atom is -0.293 e. The molecule has 0 saturated heterocycles. The molecule has 2 atom stereocenters. The molecule has 0 N–H and O–H groups in total. The van der Waals surface area contributed by atoms with E-state index in [1.165, 1.54) is 37.8 Å². The van der Waals surface area contributed by atoms with Gasteiger partial charge in [0.25, 0.3) is 0 Å². The van der Waals surface area contributed by atoms with Crippen LogP contribution in [0.15, 0.2) is 4.99 Å². The van der Waals surface area contributed by atoms with Crippen molar-refractivity contribution in [2.45, 2.75) is 43.8 Å². The highest BCUT2D eigenvalue weighted by Crippen LogP contribution is 2.41. The van der Waals surface area contributed by atoms with Crippen LogP contribution in [0.5, 0.6) is 0 Å². The van der Waals surface area contributed by atoms with Gasteiger partial charge in [-0.05, 0) is 38.0 Å². The van der Waals surface area contributed by atoms with E-state index in [-0.39, 0.29) is 4.75 Å². The molecule has 0 aromatic rings. The molecule has 2 unspecified atom stereocenters. The summed E-state index contributed by atoms with van der Waals surface area (Å²) in [5.74, 6) is 0.730. The maximum Gasteiger partial charge on any atom is 0.0532 e. The van der Waals surface area contributed by atoms with Crippen molar-refractivity contribution in [2.75, 3.05) is 6.54 Å². The average molecular weight is 183 g/mol. The lowest BCUT2D eigenvalue weighted by atomic mass is 9.74. The van der Waals surface area contributed by atoms with Crippen LogP contribution in [-0.2, 0) is 0 Å². The predicted octanol–water partition coefficient (Wildman–Crippen LogP) is 2.71. The van der Waals surface area contributed by atoms with Crippen LogP contribution in [0.1, 0.15) is 39.0 Å². The molecule has 2 aliphatic rings. The van der Waals surface area contributed by atoms with E-state index in [1.54, 1.807) is 0 Å². The van der Waals surface area contributed by atoms with E-state index in [9.17, 15) is 0 Å². The monoisotopic (exact) mass is 183 g/mol.